The first kappa shape index (κ1) is 13.5. The minimum absolute atomic E-state index is 0.382. The van der Waals surface area contributed by atoms with Crippen LogP contribution in [-0.2, 0) is 13.5 Å². The number of imidazole rings is 1. The molecule has 1 unspecified atom stereocenters. The van der Waals surface area contributed by atoms with Crippen LogP contribution in [0.1, 0.15) is 24.4 Å². The molecule has 0 saturated heterocycles. The molecule has 1 N–H and O–H groups in total. The molecule has 19 heavy (non-hydrogen) atoms. The number of benzene rings is 1. The van der Waals surface area contributed by atoms with Crippen molar-refractivity contribution in [2.75, 3.05) is 6.61 Å². The normalized spacial score (nSPS) is 12.4. The van der Waals surface area contributed by atoms with Crippen LogP contribution in [0.5, 0.6) is 5.75 Å². The Balaban J connectivity index is 2.01. The summed E-state index contributed by atoms with van der Waals surface area (Å²) in [7, 11) is 1.92. The lowest BCUT2D eigenvalue weighted by Gasteiger charge is -2.13. The monoisotopic (exact) mass is 264 g/mol. The van der Waals surface area contributed by atoms with Gasteiger partial charge in [-0.1, -0.05) is 0 Å². The van der Waals surface area contributed by atoms with Gasteiger partial charge in [0.15, 0.2) is 0 Å². The van der Waals surface area contributed by atoms with E-state index in [2.05, 4.69) is 4.98 Å². The number of aryl methyl sites for hydroxylation is 1. The first-order valence-electron chi connectivity index (χ1n) is 6.14. The molecule has 0 radical (unpaired) electrons. The molecule has 0 aliphatic carbocycles. The molecule has 0 fully saturated rings. The molecular formula is C14H17FN2O2. The number of halogens is 1. The Morgan fingerprint density at radius 2 is 2.26 bits per heavy atom. The van der Waals surface area contributed by atoms with Crippen molar-refractivity contribution >= 4 is 0 Å². The molecule has 1 atom stereocenters. The number of nitrogens with zero attached hydrogens (tertiary/aromatic N) is 2. The lowest BCUT2D eigenvalue weighted by Crippen LogP contribution is -2.08. The van der Waals surface area contributed by atoms with Gasteiger partial charge in [0.1, 0.15) is 17.4 Å². The van der Waals surface area contributed by atoms with Crippen LogP contribution in [0.25, 0.3) is 0 Å². The van der Waals surface area contributed by atoms with Crippen LogP contribution in [-0.4, -0.2) is 21.3 Å². The van der Waals surface area contributed by atoms with Gasteiger partial charge in [-0.3, -0.25) is 0 Å². The molecule has 102 valence electrons. The summed E-state index contributed by atoms with van der Waals surface area (Å²) in [5.41, 5.74) is 0.458. The lowest BCUT2D eigenvalue weighted by atomic mass is 10.1. The maximum atomic E-state index is 13.1. The molecule has 0 spiro atoms. The summed E-state index contributed by atoms with van der Waals surface area (Å²) in [6.07, 6.45) is 3.49. The summed E-state index contributed by atoms with van der Waals surface area (Å²) in [5, 5.41) is 9.59. The standard InChI is InChI=1S/C14H17FN2O2/c1-10(18)12-9-11(15)3-4-13(12)19-8-5-14-16-6-7-17(14)2/h3-4,6-7,9-10,18H,5,8H2,1-2H3. The number of aromatic nitrogens is 2. The van der Waals surface area contributed by atoms with Gasteiger partial charge in [-0.25, -0.2) is 9.37 Å². The second kappa shape index (κ2) is 5.84. The van der Waals surface area contributed by atoms with Gasteiger partial charge in [0.25, 0.3) is 0 Å². The van der Waals surface area contributed by atoms with Gasteiger partial charge in [-0.15, -0.1) is 0 Å². The zero-order valence-corrected chi connectivity index (χ0v) is 11.0. The van der Waals surface area contributed by atoms with E-state index >= 15 is 0 Å². The van der Waals surface area contributed by atoms with Crippen molar-refractivity contribution < 1.29 is 14.2 Å². The van der Waals surface area contributed by atoms with Crippen molar-refractivity contribution in [3.8, 4) is 5.75 Å². The second-order valence-corrected chi connectivity index (χ2v) is 4.41. The lowest BCUT2D eigenvalue weighted by molar-refractivity contribution is 0.190. The van der Waals surface area contributed by atoms with E-state index in [1.807, 2.05) is 17.8 Å². The highest BCUT2D eigenvalue weighted by Crippen LogP contribution is 2.26. The summed E-state index contributed by atoms with van der Waals surface area (Å²) in [5.74, 6) is 1.04. The highest BCUT2D eigenvalue weighted by atomic mass is 19.1. The molecule has 2 aromatic rings. The van der Waals surface area contributed by atoms with Crippen molar-refractivity contribution in [3.63, 3.8) is 0 Å². The summed E-state index contributed by atoms with van der Waals surface area (Å²) >= 11 is 0. The molecule has 4 nitrogen and oxygen atoms in total. The van der Waals surface area contributed by atoms with Crippen LogP contribution in [0.2, 0.25) is 0 Å². The van der Waals surface area contributed by atoms with Gasteiger partial charge in [-0.05, 0) is 25.1 Å². The topological polar surface area (TPSA) is 47.3 Å². The summed E-state index contributed by atoms with van der Waals surface area (Å²) in [4.78, 5) is 4.19. The molecular weight excluding hydrogens is 247 g/mol. The third-order valence-corrected chi connectivity index (χ3v) is 2.93. The van der Waals surface area contributed by atoms with Crippen LogP contribution in [0.15, 0.2) is 30.6 Å². The fourth-order valence-corrected chi connectivity index (χ4v) is 1.87. The maximum Gasteiger partial charge on any atom is 0.125 e. The fraction of sp³-hybridized carbons (Fsp3) is 0.357. The molecule has 2 rings (SSSR count). The third-order valence-electron chi connectivity index (χ3n) is 2.93. The molecule has 0 aliphatic heterocycles. The molecule has 0 amide bonds. The Bertz CT molecular complexity index is 552. The number of aliphatic hydroxyl groups is 1. The van der Waals surface area contributed by atoms with Gasteiger partial charge in [0, 0.05) is 31.4 Å². The predicted octanol–water partition coefficient (Wildman–Crippen LogP) is 2.23. The van der Waals surface area contributed by atoms with Gasteiger partial charge < -0.3 is 14.4 Å². The van der Waals surface area contributed by atoms with E-state index in [9.17, 15) is 9.50 Å². The molecule has 0 aliphatic rings. The van der Waals surface area contributed by atoms with Crippen LogP contribution >= 0.6 is 0 Å². The van der Waals surface area contributed by atoms with E-state index in [-0.39, 0.29) is 5.82 Å². The molecule has 1 aromatic heterocycles. The number of hydrogen-bond acceptors (Lipinski definition) is 3. The van der Waals surface area contributed by atoms with E-state index in [1.54, 1.807) is 13.1 Å². The number of hydrogen-bond donors (Lipinski definition) is 1. The Hall–Kier alpha value is -1.88. The van der Waals surface area contributed by atoms with E-state index in [0.717, 1.165) is 5.82 Å². The van der Waals surface area contributed by atoms with Gasteiger partial charge in [0.2, 0.25) is 0 Å². The van der Waals surface area contributed by atoms with Crippen molar-refractivity contribution in [1.82, 2.24) is 9.55 Å². The Morgan fingerprint density at radius 1 is 1.47 bits per heavy atom. The summed E-state index contributed by atoms with van der Waals surface area (Å²) < 4.78 is 20.6. The Morgan fingerprint density at radius 3 is 2.89 bits per heavy atom. The zero-order chi connectivity index (χ0) is 13.8. The van der Waals surface area contributed by atoms with Crippen molar-refractivity contribution in [2.45, 2.75) is 19.4 Å². The van der Waals surface area contributed by atoms with Gasteiger partial charge >= 0.3 is 0 Å². The summed E-state index contributed by atoms with van der Waals surface area (Å²) in [6, 6.07) is 4.15. The van der Waals surface area contributed by atoms with Crippen LogP contribution < -0.4 is 4.74 Å². The molecule has 5 heteroatoms. The van der Waals surface area contributed by atoms with Gasteiger partial charge in [0.05, 0.1) is 12.7 Å². The average Bonchev–Trinajstić information content (AvgIpc) is 2.77. The number of ether oxygens (including phenoxy) is 1. The van der Waals surface area contributed by atoms with Crippen LogP contribution in [0.3, 0.4) is 0 Å². The zero-order valence-electron chi connectivity index (χ0n) is 11.0. The summed E-state index contributed by atoms with van der Waals surface area (Å²) in [6.45, 7) is 2.01. The number of rotatable bonds is 5. The van der Waals surface area contributed by atoms with E-state index in [0.29, 0.717) is 24.3 Å². The molecule has 1 heterocycles. The van der Waals surface area contributed by atoms with Crippen molar-refractivity contribution in [2.24, 2.45) is 7.05 Å². The SMILES string of the molecule is CC(O)c1cc(F)ccc1OCCc1nccn1C. The van der Waals surface area contributed by atoms with Gasteiger partial charge in [-0.2, -0.15) is 0 Å². The fourth-order valence-electron chi connectivity index (χ4n) is 1.87. The smallest absolute Gasteiger partial charge is 0.125 e. The van der Waals surface area contributed by atoms with Crippen LogP contribution in [0, 0.1) is 5.82 Å². The van der Waals surface area contributed by atoms with Crippen molar-refractivity contribution in [1.29, 1.82) is 0 Å². The third kappa shape index (κ3) is 3.32. The quantitative estimate of drug-likeness (QED) is 0.901. The first-order chi connectivity index (χ1) is 9.08. The first-order valence-corrected chi connectivity index (χ1v) is 6.14. The number of aliphatic hydroxyl groups excluding tert-OH is 1. The molecule has 0 saturated carbocycles. The highest BCUT2D eigenvalue weighted by Gasteiger charge is 2.11. The largest absolute Gasteiger partial charge is 0.493 e. The predicted molar refractivity (Wildman–Crippen MR) is 69.4 cm³/mol. The Kier molecular flexibility index (Phi) is 4.16. The van der Waals surface area contributed by atoms with E-state index < -0.39 is 6.10 Å². The minimum atomic E-state index is -0.765. The van der Waals surface area contributed by atoms with E-state index in [4.69, 9.17) is 4.74 Å². The highest BCUT2D eigenvalue weighted by molar-refractivity contribution is 5.35. The average molecular weight is 264 g/mol. The molecule has 1 aromatic carbocycles. The minimum Gasteiger partial charge on any atom is -0.493 e. The second-order valence-electron chi connectivity index (χ2n) is 4.41. The van der Waals surface area contributed by atoms with E-state index in [1.165, 1.54) is 18.2 Å². The van der Waals surface area contributed by atoms with Crippen LogP contribution in [0.4, 0.5) is 4.39 Å². The Labute approximate surface area is 111 Å². The maximum absolute atomic E-state index is 13.1. The van der Waals surface area contributed by atoms with Crippen molar-refractivity contribution in [3.05, 3.63) is 47.8 Å². The molecule has 0 bridgehead atoms.